The van der Waals surface area contributed by atoms with Crippen molar-refractivity contribution in [3.05, 3.63) is 53.6 Å². The fraction of sp³-hybridized carbons (Fsp3) is 0.188. The first kappa shape index (κ1) is 16.7. The molecular formula is C16H15F3N2O2. The average molecular weight is 324 g/mol. The molecule has 0 unspecified atom stereocenters. The molecule has 0 aliphatic carbocycles. The van der Waals surface area contributed by atoms with Gasteiger partial charge in [-0.3, -0.25) is 0 Å². The Morgan fingerprint density at radius 2 is 1.87 bits per heavy atom. The van der Waals surface area contributed by atoms with Gasteiger partial charge in [-0.15, -0.1) is 0 Å². The van der Waals surface area contributed by atoms with Crippen LogP contribution >= 0.6 is 0 Å². The number of anilines is 2. The van der Waals surface area contributed by atoms with E-state index in [0.29, 0.717) is 17.7 Å². The van der Waals surface area contributed by atoms with E-state index in [2.05, 4.69) is 10.6 Å². The SMILES string of the molecule is CCc1cc(O)ccc1NC(=O)Nc1cccc(C(F)(F)F)c1. The van der Waals surface area contributed by atoms with Crippen molar-refractivity contribution in [2.75, 3.05) is 10.6 Å². The fourth-order valence-electron chi connectivity index (χ4n) is 2.05. The molecule has 0 bridgehead atoms. The van der Waals surface area contributed by atoms with Crippen LogP contribution in [0.25, 0.3) is 0 Å². The smallest absolute Gasteiger partial charge is 0.416 e. The molecule has 0 heterocycles. The van der Waals surface area contributed by atoms with Gasteiger partial charge in [0.2, 0.25) is 0 Å². The van der Waals surface area contributed by atoms with Crippen LogP contribution in [0.15, 0.2) is 42.5 Å². The van der Waals surface area contributed by atoms with Crippen molar-refractivity contribution in [2.45, 2.75) is 19.5 Å². The lowest BCUT2D eigenvalue weighted by atomic mass is 10.1. The van der Waals surface area contributed by atoms with Gasteiger partial charge in [-0.25, -0.2) is 4.79 Å². The van der Waals surface area contributed by atoms with E-state index in [0.717, 1.165) is 12.1 Å². The lowest BCUT2D eigenvalue weighted by Gasteiger charge is -2.13. The number of phenols is 1. The highest BCUT2D eigenvalue weighted by molar-refractivity contribution is 6.00. The van der Waals surface area contributed by atoms with Crippen molar-refractivity contribution in [1.82, 2.24) is 0 Å². The molecule has 0 atom stereocenters. The number of nitrogens with one attached hydrogen (secondary N) is 2. The number of phenolic OH excluding ortho intramolecular Hbond substituents is 1. The largest absolute Gasteiger partial charge is 0.508 e. The maximum Gasteiger partial charge on any atom is 0.416 e. The second kappa shape index (κ2) is 6.60. The molecule has 0 aromatic heterocycles. The molecule has 23 heavy (non-hydrogen) atoms. The Hall–Kier alpha value is -2.70. The first-order chi connectivity index (χ1) is 10.8. The predicted molar refractivity (Wildman–Crippen MR) is 81.6 cm³/mol. The van der Waals surface area contributed by atoms with Crippen molar-refractivity contribution < 1.29 is 23.1 Å². The van der Waals surface area contributed by atoms with E-state index < -0.39 is 17.8 Å². The molecule has 0 fully saturated rings. The zero-order valence-electron chi connectivity index (χ0n) is 12.2. The van der Waals surface area contributed by atoms with Crippen LogP contribution in [0.5, 0.6) is 5.75 Å². The minimum atomic E-state index is -4.47. The van der Waals surface area contributed by atoms with Gasteiger partial charge in [-0.2, -0.15) is 13.2 Å². The molecule has 0 spiro atoms. The molecule has 0 saturated heterocycles. The van der Waals surface area contributed by atoms with E-state index in [1.807, 2.05) is 6.92 Å². The van der Waals surface area contributed by atoms with Crippen LogP contribution in [-0.2, 0) is 12.6 Å². The third-order valence-electron chi connectivity index (χ3n) is 3.17. The molecule has 2 aromatic carbocycles. The van der Waals surface area contributed by atoms with E-state index in [1.54, 1.807) is 0 Å². The van der Waals surface area contributed by atoms with E-state index in [1.165, 1.54) is 30.3 Å². The summed E-state index contributed by atoms with van der Waals surface area (Å²) in [5.41, 5.74) is 0.391. The number of hydrogen-bond acceptors (Lipinski definition) is 2. The third-order valence-corrected chi connectivity index (χ3v) is 3.17. The topological polar surface area (TPSA) is 61.4 Å². The highest BCUT2D eigenvalue weighted by Crippen LogP contribution is 2.30. The van der Waals surface area contributed by atoms with Gasteiger partial charge >= 0.3 is 12.2 Å². The van der Waals surface area contributed by atoms with E-state index in [-0.39, 0.29) is 11.4 Å². The molecule has 0 aliphatic heterocycles. The minimum Gasteiger partial charge on any atom is -0.508 e. The van der Waals surface area contributed by atoms with Gasteiger partial charge in [0, 0.05) is 11.4 Å². The third kappa shape index (κ3) is 4.38. The number of carbonyl (C=O) groups is 1. The second-order valence-corrected chi connectivity index (χ2v) is 4.85. The summed E-state index contributed by atoms with van der Waals surface area (Å²) in [6, 6.07) is 8.17. The van der Waals surface area contributed by atoms with Crippen molar-refractivity contribution in [1.29, 1.82) is 0 Å². The quantitative estimate of drug-likeness (QED) is 0.722. The Morgan fingerprint density at radius 3 is 2.52 bits per heavy atom. The molecule has 122 valence electrons. The van der Waals surface area contributed by atoms with Crippen molar-refractivity contribution in [3.63, 3.8) is 0 Å². The molecule has 7 heteroatoms. The molecule has 3 N–H and O–H groups in total. The summed E-state index contributed by atoms with van der Waals surface area (Å²) < 4.78 is 37.9. The molecule has 0 saturated carbocycles. The number of halogens is 3. The minimum absolute atomic E-state index is 0.0363. The Balaban J connectivity index is 2.11. The lowest BCUT2D eigenvalue weighted by molar-refractivity contribution is -0.137. The monoisotopic (exact) mass is 324 g/mol. The summed E-state index contributed by atoms with van der Waals surface area (Å²) in [4.78, 5) is 11.9. The molecule has 0 radical (unpaired) electrons. The van der Waals surface area contributed by atoms with Crippen LogP contribution in [0.3, 0.4) is 0 Å². The number of alkyl halides is 3. The zero-order valence-corrected chi connectivity index (χ0v) is 12.2. The van der Waals surface area contributed by atoms with Gasteiger partial charge in [0.25, 0.3) is 0 Å². The standard InChI is InChI=1S/C16H15F3N2O2/c1-2-10-8-13(22)6-7-14(10)21-15(23)20-12-5-3-4-11(9-12)16(17,18)19/h3-9,22H,2H2,1H3,(H2,20,21,23). The Bertz CT molecular complexity index is 715. The first-order valence-corrected chi connectivity index (χ1v) is 6.86. The number of aryl methyl sites for hydroxylation is 1. The van der Waals surface area contributed by atoms with Crippen LogP contribution in [-0.4, -0.2) is 11.1 Å². The molecule has 0 aliphatic rings. The normalized spacial score (nSPS) is 11.1. The van der Waals surface area contributed by atoms with Crippen LogP contribution in [0.2, 0.25) is 0 Å². The van der Waals surface area contributed by atoms with Crippen LogP contribution in [0.4, 0.5) is 29.3 Å². The summed E-state index contributed by atoms with van der Waals surface area (Å²) >= 11 is 0. The fourth-order valence-corrected chi connectivity index (χ4v) is 2.05. The Morgan fingerprint density at radius 1 is 1.13 bits per heavy atom. The van der Waals surface area contributed by atoms with Gasteiger partial charge < -0.3 is 15.7 Å². The summed E-state index contributed by atoms with van der Waals surface area (Å²) in [6.45, 7) is 1.85. The first-order valence-electron chi connectivity index (χ1n) is 6.86. The Labute approximate surface area is 131 Å². The number of benzene rings is 2. The van der Waals surface area contributed by atoms with E-state index >= 15 is 0 Å². The zero-order chi connectivity index (χ0) is 17.0. The van der Waals surface area contributed by atoms with Crippen LogP contribution < -0.4 is 10.6 Å². The summed E-state index contributed by atoms with van der Waals surface area (Å²) in [5.74, 6) is 0.0747. The lowest BCUT2D eigenvalue weighted by Crippen LogP contribution is -2.20. The average Bonchev–Trinajstić information content (AvgIpc) is 2.48. The number of hydrogen-bond donors (Lipinski definition) is 3. The maximum atomic E-state index is 12.6. The summed E-state index contributed by atoms with van der Waals surface area (Å²) in [7, 11) is 0. The predicted octanol–water partition coefficient (Wildman–Crippen LogP) is 4.62. The summed E-state index contributed by atoms with van der Waals surface area (Å²) in [5, 5.41) is 14.3. The van der Waals surface area contributed by atoms with Crippen LogP contribution in [0, 0.1) is 0 Å². The molecule has 4 nitrogen and oxygen atoms in total. The maximum absolute atomic E-state index is 12.6. The molecule has 2 amide bonds. The Kier molecular flexibility index (Phi) is 4.78. The number of aromatic hydroxyl groups is 1. The van der Waals surface area contributed by atoms with Crippen molar-refractivity contribution >= 4 is 17.4 Å². The van der Waals surface area contributed by atoms with Gasteiger partial charge in [0.15, 0.2) is 0 Å². The van der Waals surface area contributed by atoms with Gasteiger partial charge in [0.1, 0.15) is 5.75 Å². The van der Waals surface area contributed by atoms with Crippen molar-refractivity contribution in [3.8, 4) is 5.75 Å². The van der Waals surface area contributed by atoms with Gasteiger partial charge in [0.05, 0.1) is 5.56 Å². The highest BCUT2D eigenvalue weighted by Gasteiger charge is 2.30. The van der Waals surface area contributed by atoms with Gasteiger partial charge in [-0.05, 0) is 48.4 Å². The molecular weight excluding hydrogens is 309 g/mol. The highest BCUT2D eigenvalue weighted by atomic mass is 19.4. The second-order valence-electron chi connectivity index (χ2n) is 4.85. The molecule has 2 rings (SSSR count). The number of rotatable bonds is 3. The van der Waals surface area contributed by atoms with E-state index in [9.17, 15) is 23.1 Å². The van der Waals surface area contributed by atoms with E-state index in [4.69, 9.17) is 0 Å². The number of carbonyl (C=O) groups excluding carboxylic acids is 1. The number of urea groups is 1. The van der Waals surface area contributed by atoms with Crippen molar-refractivity contribution in [2.24, 2.45) is 0 Å². The number of amides is 2. The van der Waals surface area contributed by atoms with Crippen LogP contribution in [0.1, 0.15) is 18.1 Å². The summed E-state index contributed by atoms with van der Waals surface area (Å²) in [6.07, 6.45) is -3.89. The molecule has 2 aromatic rings. The van der Waals surface area contributed by atoms with Gasteiger partial charge in [-0.1, -0.05) is 13.0 Å².